The van der Waals surface area contributed by atoms with E-state index in [1.54, 1.807) is 23.6 Å². The number of benzene rings is 2. The minimum Gasteiger partial charge on any atom is -0.384 e. The molecule has 8 heteroatoms. The molecule has 2 N–H and O–H groups in total. The Labute approximate surface area is 230 Å². The Balaban J connectivity index is 1.34. The number of nitrogen functional groups attached to an aromatic ring is 1. The van der Waals surface area contributed by atoms with Crippen LogP contribution < -0.4 is 10.6 Å². The van der Waals surface area contributed by atoms with Crippen molar-refractivity contribution in [3.63, 3.8) is 0 Å². The van der Waals surface area contributed by atoms with Gasteiger partial charge in [0.1, 0.15) is 11.5 Å². The summed E-state index contributed by atoms with van der Waals surface area (Å²) in [6.45, 7) is 11.0. The van der Waals surface area contributed by atoms with Gasteiger partial charge in [-0.15, -0.1) is 11.3 Å². The van der Waals surface area contributed by atoms with Gasteiger partial charge in [-0.2, -0.15) is 0 Å². The van der Waals surface area contributed by atoms with E-state index in [9.17, 15) is 0 Å². The normalized spacial score (nSPS) is 14.6. The molecule has 0 saturated carbocycles. The Morgan fingerprint density at radius 3 is 2.47 bits per heavy atom. The van der Waals surface area contributed by atoms with Crippen molar-refractivity contribution in [3.8, 4) is 22.6 Å². The van der Waals surface area contributed by atoms with Gasteiger partial charge in [0.05, 0.1) is 0 Å². The molecule has 0 atom stereocenters. The molecule has 0 aliphatic carbocycles. The van der Waals surface area contributed by atoms with Gasteiger partial charge in [0, 0.05) is 56.5 Å². The molecule has 38 heavy (non-hydrogen) atoms. The van der Waals surface area contributed by atoms with Gasteiger partial charge in [0.15, 0.2) is 11.0 Å². The van der Waals surface area contributed by atoms with Crippen LogP contribution in [0, 0.1) is 6.92 Å². The smallest absolute Gasteiger partial charge is 0.190 e. The third-order valence-electron chi connectivity index (χ3n) is 7.18. The third kappa shape index (κ3) is 6.20. The number of piperazine rings is 1. The molecular weight excluding hydrogens is 490 g/mol. The van der Waals surface area contributed by atoms with Gasteiger partial charge >= 0.3 is 0 Å². The molecule has 4 aromatic rings. The molecule has 1 fully saturated rings. The molecule has 0 spiro atoms. The number of hydrogen-bond donors (Lipinski definition) is 1. The maximum atomic E-state index is 5.87. The molecule has 2 aromatic heterocycles. The van der Waals surface area contributed by atoms with Crippen LogP contribution in [0.4, 0.5) is 16.6 Å². The Morgan fingerprint density at radius 2 is 1.74 bits per heavy atom. The number of thiazole rings is 1. The number of aryl methyl sites for hydroxylation is 1. The van der Waals surface area contributed by atoms with E-state index < -0.39 is 0 Å². The van der Waals surface area contributed by atoms with Crippen molar-refractivity contribution in [2.45, 2.75) is 26.7 Å². The van der Waals surface area contributed by atoms with E-state index in [1.165, 1.54) is 54.1 Å². The number of rotatable bonds is 9. The van der Waals surface area contributed by atoms with Crippen LogP contribution in [0.15, 0.2) is 60.1 Å². The highest BCUT2D eigenvalue weighted by Gasteiger charge is 2.18. The van der Waals surface area contributed by atoms with Crippen molar-refractivity contribution >= 4 is 28.0 Å². The molecule has 0 radical (unpaired) electrons. The van der Waals surface area contributed by atoms with Crippen LogP contribution in [-0.2, 0) is 6.42 Å². The van der Waals surface area contributed by atoms with Gasteiger partial charge in [-0.3, -0.25) is 0 Å². The molecule has 0 unspecified atom stereocenters. The summed E-state index contributed by atoms with van der Waals surface area (Å²) < 4.78 is 0. The molecule has 1 aliphatic rings. The van der Waals surface area contributed by atoms with Crippen LogP contribution in [0.1, 0.15) is 24.5 Å². The number of likely N-dealkylation sites (N-methyl/N-ethyl adjacent to an activating group) is 1. The standard InChI is InChI=1S/C30H37N7S/c1-4-14-37(30-33-26(21-38-30)29-32-13-11-28(31)34-29)27-20-25(8-5-22(27)2)24-9-6-23(7-10-24)12-15-36-18-16-35(3)17-19-36/h5-11,13,20-21H,4,12,14-19H2,1-3H3,(H2,31,32,34). The van der Waals surface area contributed by atoms with E-state index in [4.69, 9.17) is 10.7 Å². The summed E-state index contributed by atoms with van der Waals surface area (Å²) in [4.78, 5) is 20.9. The van der Waals surface area contributed by atoms with E-state index in [0.29, 0.717) is 11.6 Å². The maximum Gasteiger partial charge on any atom is 0.190 e. The first-order valence-electron chi connectivity index (χ1n) is 13.4. The quantitative estimate of drug-likeness (QED) is 0.308. The molecule has 3 heterocycles. The highest BCUT2D eigenvalue weighted by Crippen LogP contribution is 2.36. The fourth-order valence-corrected chi connectivity index (χ4v) is 5.68. The second-order valence-electron chi connectivity index (χ2n) is 10.1. The average Bonchev–Trinajstić information content (AvgIpc) is 3.42. The molecular formula is C30H37N7S. The Bertz CT molecular complexity index is 1340. The lowest BCUT2D eigenvalue weighted by Crippen LogP contribution is -2.45. The van der Waals surface area contributed by atoms with Gasteiger partial charge in [0.25, 0.3) is 0 Å². The molecule has 7 nitrogen and oxygen atoms in total. The minimum atomic E-state index is 0.448. The lowest BCUT2D eigenvalue weighted by molar-refractivity contribution is 0.155. The number of nitrogens with two attached hydrogens (primary N) is 1. The predicted octanol–water partition coefficient (Wildman–Crippen LogP) is 5.50. The first-order chi connectivity index (χ1) is 18.5. The Hall–Kier alpha value is -3.33. The van der Waals surface area contributed by atoms with Gasteiger partial charge in [-0.05, 0) is 61.2 Å². The van der Waals surface area contributed by atoms with Gasteiger partial charge in [-0.1, -0.05) is 43.3 Å². The zero-order valence-electron chi connectivity index (χ0n) is 22.6. The zero-order chi connectivity index (χ0) is 26.5. The highest BCUT2D eigenvalue weighted by molar-refractivity contribution is 7.14. The van der Waals surface area contributed by atoms with E-state index in [0.717, 1.165) is 36.8 Å². The Kier molecular flexibility index (Phi) is 8.32. The number of hydrogen-bond acceptors (Lipinski definition) is 8. The van der Waals surface area contributed by atoms with Crippen molar-refractivity contribution in [1.82, 2.24) is 24.8 Å². The fourth-order valence-electron chi connectivity index (χ4n) is 4.83. The third-order valence-corrected chi connectivity index (χ3v) is 8.04. The van der Waals surface area contributed by atoms with Crippen molar-refractivity contribution in [2.24, 2.45) is 0 Å². The Morgan fingerprint density at radius 1 is 0.974 bits per heavy atom. The van der Waals surface area contributed by atoms with Crippen LogP contribution >= 0.6 is 11.3 Å². The van der Waals surface area contributed by atoms with Gasteiger partial charge in [-0.25, -0.2) is 15.0 Å². The first-order valence-corrected chi connectivity index (χ1v) is 14.3. The van der Waals surface area contributed by atoms with Crippen LogP contribution in [0.3, 0.4) is 0 Å². The summed E-state index contributed by atoms with van der Waals surface area (Å²) in [6, 6.07) is 17.5. The minimum absolute atomic E-state index is 0.448. The van der Waals surface area contributed by atoms with E-state index in [1.807, 2.05) is 5.38 Å². The van der Waals surface area contributed by atoms with Crippen molar-refractivity contribution in [2.75, 3.05) is 56.9 Å². The first kappa shape index (κ1) is 26.3. The predicted molar refractivity (Wildman–Crippen MR) is 159 cm³/mol. The second kappa shape index (κ2) is 12.0. The number of nitrogens with zero attached hydrogens (tertiary/aromatic N) is 6. The molecule has 0 amide bonds. The molecule has 1 saturated heterocycles. The highest BCUT2D eigenvalue weighted by atomic mass is 32.1. The summed E-state index contributed by atoms with van der Waals surface area (Å²) in [5.41, 5.74) is 12.9. The monoisotopic (exact) mass is 527 g/mol. The summed E-state index contributed by atoms with van der Waals surface area (Å²) >= 11 is 1.61. The summed E-state index contributed by atoms with van der Waals surface area (Å²) in [7, 11) is 2.21. The molecule has 1 aliphatic heterocycles. The average molecular weight is 528 g/mol. The van der Waals surface area contributed by atoms with Crippen molar-refractivity contribution in [3.05, 3.63) is 71.2 Å². The van der Waals surface area contributed by atoms with Crippen molar-refractivity contribution < 1.29 is 0 Å². The lowest BCUT2D eigenvalue weighted by Gasteiger charge is -2.32. The van der Waals surface area contributed by atoms with Gasteiger partial charge < -0.3 is 20.4 Å². The fraction of sp³-hybridized carbons (Fsp3) is 0.367. The van der Waals surface area contributed by atoms with Crippen LogP contribution in [0.25, 0.3) is 22.6 Å². The summed E-state index contributed by atoms with van der Waals surface area (Å²) in [6.07, 6.45) is 3.78. The van der Waals surface area contributed by atoms with Crippen LogP contribution in [0.2, 0.25) is 0 Å². The lowest BCUT2D eigenvalue weighted by atomic mass is 10.00. The summed E-state index contributed by atoms with van der Waals surface area (Å²) in [5.74, 6) is 1.01. The molecule has 0 bridgehead atoms. The van der Waals surface area contributed by atoms with Crippen LogP contribution in [-0.4, -0.2) is 71.1 Å². The van der Waals surface area contributed by atoms with Crippen molar-refractivity contribution in [1.29, 1.82) is 0 Å². The van der Waals surface area contributed by atoms with Crippen LogP contribution in [0.5, 0.6) is 0 Å². The SMILES string of the molecule is CCCN(c1nc(-c2nccc(N)n2)cs1)c1cc(-c2ccc(CCN3CCN(C)CC3)cc2)ccc1C. The maximum absolute atomic E-state index is 5.87. The van der Waals surface area contributed by atoms with Gasteiger partial charge in [0.2, 0.25) is 0 Å². The molecule has 198 valence electrons. The largest absolute Gasteiger partial charge is 0.384 e. The van der Waals surface area contributed by atoms with E-state index in [-0.39, 0.29) is 0 Å². The topological polar surface area (TPSA) is 74.4 Å². The molecule has 5 rings (SSSR count). The number of anilines is 3. The van der Waals surface area contributed by atoms with E-state index >= 15 is 0 Å². The summed E-state index contributed by atoms with van der Waals surface area (Å²) in [5, 5.41) is 2.94. The second-order valence-corrected chi connectivity index (χ2v) is 10.9. The number of aromatic nitrogens is 3. The van der Waals surface area contributed by atoms with E-state index in [2.05, 4.69) is 88.0 Å². The zero-order valence-corrected chi connectivity index (χ0v) is 23.4. The molecule has 2 aromatic carbocycles.